The molecule has 5 heteroatoms. The number of hydrogen-bond donors (Lipinski definition) is 1. The van der Waals surface area contributed by atoms with Gasteiger partial charge in [0.25, 0.3) is 5.56 Å². The summed E-state index contributed by atoms with van der Waals surface area (Å²) in [7, 11) is 1.66. The summed E-state index contributed by atoms with van der Waals surface area (Å²) < 4.78 is 6.49. The molecule has 18 heavy (non-hydrogen) atoms. The highest BCUT2D eigenvalue weighted by molar-refractivity contribution is 5.16. The van der Waals surface area contributed by atoms with Crippen molar-refractivity contribution in [2.24, 2.45) is 0 Å². The van der Waals surface area contributed by atoms with Crippen LogP contribution in [-0.2, 0) is 17.8 Å². The zero-order valence-corrected chi connectivity index (χ0v) is 11.7. The summed E-state index contributed by atoms with van der Waals surface area (Å²) in [6, 6.07) is 1.90. The molecule has 0 aliphatic rings. The van der Waals surface area contributed by atoms with Gasteiger partial charge in [-0.1, -0.05) is 13.8 Å². The molecule has 1 aromatic rings. The fraction of sp³-hybridized carbons (Fsp3) is 0.692. The van der Waals surface area contributed by atoms with Gasteiger partial charge >= 0.3 is 0 Å². The molecular weight excluding hydrogens is 230 g/mol. The van der Waals surface area contributed by atoms with Crippen molar-refractivity contribution in [2.75, 3.05) is 20.3 Å². The van der Waals surface area contributed by atoms with Crippen molar-refractivity contribution in [3.8, 4) is 0 Å². The normalized spacial score (nSPS) is 11.2. The molecule has 102 valence electrons. The van der Waals surface area contributed by atoms with E-state index in [0.29, 0.717) is 25.6 Å². The zero-order chi connectivity index (χ0) is 13.5. The maximum atomic E-state index is 12.1. The first kappa shape index (κ1) is 14.9. The van der Waals surface area contributed by atoms with Gasteiger partial charge in [0, 0.05) is 32.3 Å². The number of hydrogen-bond acceptors (Lipinski definition) is 4. The first-order chi connectivity index (χ1) is 8.60. The molecule has 0 fully saturated rings. The molecule has 5 nitrogen and oxygen atoms in total. The van der Waals surface area contributed by atoms with Crippen molar-refractivity contribution in [3.63, 3.8) is 0 Å². The van der Waals surface area contributed by atoms with Gasteiger partial charge in [0.05, 0.1) is 12.3 Å². The predicted molar refractivity (Wildman–Crippen MR) is 71.8 cm³/mol. The maximum absolute atomic E-state index is 12.1. The molecular formula is C13H23N3O2. The van der Waals surface area contributed by atoms with Crippen molar-refractivity contribution in [1.82, 2.24) is 15.1 Å². The van der Waals surface area contributed by atoms with Crippen LogP contribution in [0.1, 0.15) is 37.9 Å². The molecule has 0 saturated carbocycles. The number of aromatic nitrogens is 2. The van der Waals surface area contributed by atoms with Gasteiger partial charge in [-0.25, -0.2) is 4.68 Å². The van der Waals surface area contributed by atoms with Crippen molar-refractivity contribution >= 4 is 0 Å². The van der Waals surface area contributed by atoms with E-state index in [-0.39, 0.29) is 5.56 Å². The second-order valence-electron chi connectivity index (χ2n) is 4.54. The topological polar surface area (TPSA) is 56.1 Å². The average molecular weight is 253 g/mol. The lowest BCUT2D eigenvalue weighted by Gasteiger charge is -2.11. The van der Waals surface area contributed by atoms with Gasteiger partial charge in [0.2, 0.25) is 0 Å². The van der Waals surface area contributed by atoms with E-state index in [0.717, 1.165) is 17.8 Å². The maximum Gasteiger partial charge on any atom is 0.271 e. The Hall–Kier alpha value is -1.20. The molecule has 0 saturated heterocycles. The van der Waals surface area contributed by atoms with Crippen LogP contribution in [0, 0.1) is 0 Å². The van der Waals surface area contributed by atoms with Crippen LogP contribution in [0.15, 0.2) is 10.9 Å². The van der Waals surface area contributed by atoms with Crippen molar-refractivity contribution in [3.05, 3.63) is 27.7 Å². The van der Waals surface area contributed by atoms with Gasteiger partial charge < -0.3 is 10.1 Å². The summed E-state index contributed by atoms with van der Waals surface area (Å²) in [5, 5.41) is 7.54. The number of aryl methyl sites for hydroxylation is 1. The molecule has 0 radical (unpaired) electrons. The lowest BCUT2D eigenvalue weighted by Crippen LogP contribution is -2.30. The second kappa shape index (κ2) is 7.28. The predicted octanol–water partition coefficient (Wildman–Crippen LogP) is 1.12. The van der Waals surface area contributed by atoms with E-state index in [1.54, 1.807) is 7.11 Å². The second-order valence-corrected chi connectivity index (χ2v) is 4.54. The Morgan fingerprint density at radius 2 is 2.22 bits per heavy atom. The molecule has 0 spiro atoms. The van der Waals surface area contributed by atoms with Crippen LogP contribution in [0.5, 0.6) is 0 Å². The first-order valence-electron chi connectivity index (χ1n) is 6.40. The van der Waals surface area contributed by atoms with Crippen molar-refractivity contribution in [1.29, 1.82) is 0 Å². The van der Waals surface area contributed by atoms with Gasteiger partial charge in [-0.05, 0) is 18.9 Å². The molecule has 0 amide bonds. The van der Waals surface area contributed by atoms with Crippen molar-refractivity contribution < 1.29 is 4.74 Å². The fourth-order valence-electron chi connectivity index (χ4n) is 1.64. The molecule has 0 bridgehead atoms. The van der Waals surface area contributed by atoms with E-state index in [2.05, 4.69) is 24.3 Å². The highest BCUT2D eigenvalue weighted by Gasteiger charge is 2.09. The Morgan fingerprint density at radius 3 is 2.78 bits per heavy atom. The van der Waals surface area contributed by atoms with Crippen molar-refractivity contribution in [2.45, 2.75) is 39.8 Å². The number of rotatable bonds is 7. The third-order valence-corrected chi connectivity index (χ3v) is 2.76. The van der Waals surface area contributed by atoms with Crippen LogP contribution in [0.4, 0.5) is 0 Å². The van der Waals surface area contributed by atoms with E-state index >= 15 is 0 Å². The smallest absolute Gasteiger partial charge is 0.271 e. The summed E-state index contributed by atoms with van der Waals surface area (Å²) in [5.41, 5.74) is 1.72. The van der Waals surface area contributed by atoms with E-state index in [1.165, 1.54) is 4.68 Å². The Morgan fingerprint density at radius 1 is 1.50 bits per heavy atom. The number of nitrogens with zero attached hydrogens (tertiary/aromatic N) is 2. The minimum absolute atomic E-state index is 0.00758. The lowest BCUT2D eigenvalue weighted by atomic mass is 10.1. The molecule has 0 aliphatic carbocycles. The highest BCUT2D eigenvalue weighted by Crippen LogP contribution is 2.10. The van der Waals surface area contributed by atoms with Crippen LogP contribution in [0.25, 0.3) is 0 Å². The van der Waals surface area contributed by atoms with E-state index < -0.39 is 0 Å². The zero-order valence-electron chi connectivity index (χ0n) is 11.7. The third kappa shape index (κ3) is 3.92. The summed E-state index contributed by atoms with van der Waals surface area (Å²) in [6.07, 6.45) is 0. The first-order valence-corrected chi connectivity index (χ1v) is 6.40. The molecule has 0 aromatic carbocycles. The lowest BCUT2D eigenvalue weighted by molar-refractivity contribution is 0.199. The minimum atomic E-state index is -0.00758. The van der Waals surface area contributed by atoms with Crippen LogP contribution < -0.4 is 10.9 Å². The van der Waals surface area contributed by atoms with Crippen LogP contribution in [-0.4, -0.2) is 30.0 Å². The third-order valence-electron chi connectivity index (χ3n) is 2.76. The van der Waals surface area contributed by atoms with Gasteiger partial charge in [0.15, 0.2) is 0 Å². The standard InChI is InChI=1S/C13H23N3O2/c1-5-16-13(17)11(9-14-6-7-18-4)8-12(15-16)10(2)3/h8,10,14H,5-7,9H2,1-4H3. The number of ether oxygens (including phenoxy) is 1. The molecule has 1 N–H and O–H groups in total. The Bertz CT molecular complexity index is 427. The fourth-order valence-corrected chi connectivity index (χ4v) is 1.64. The van der Waals surface area contributed by atoms with E-state index in [9.17, 15) is 4.79 Å². The average Bonchev–Trinajstić information content (AvgIpc) is 2.36. The quantitative estimate of drug-likeness (QED) is 0.740. The molecule has 0 aliphatic heterocycles. The van der Waals surface area contributed by atoms with Gasteiger partial charge in [0.1, 0.15) is 0 Å². The van der Waals surface area contributed by atoms with Crippen LogP contribution in [0.2, 0.25) is 0 Å². The van der Waals surface area contributed by atoms with Gasteiger partial charge in [-0.3, -0.25) is 4.79 Å². The highest BCUT2D eigenvalue weighted by atomic mass is 16.5. The number of methoxy groups -OCH3 is 1. The Kier molecular flexibility index (Phi) is 6.01. The van der Waals surface area contributed by atoms with E-state index in [4.69, 9.17) is 4.74 Å². The van der Waals surface area contributed by atoms with Gasteiger partial charge in [-0.15, -0.1) is 0 Å². The Labute approximate surface area is 108 Å². The van der Waals surface area contributed by atoms with Crippen LogP contribution >= 0.6 is 0 Å². The molecule has 0 atom stereocenters. The van der Waals surface area contributed by atoms with Gasteiger partial charge in [-0.2, -0.15) is 5.10 Å². The molecule has 1 heterocycles. The summed E-state index contributed by atoms with van der Waals surface area (Å²) >= 11 is 0. The minimum Gasteiger partial charge on any atom is -0.383 e. The van der Waals surface area contributed by atoms with Crippen LogP contribution in [0.3, 0.4) is 0 Å². The Balaban J connectivity index is 2.88. The summed E-state index contributed by atoms with van der Waals surface area (Å²) in [5.74, 6) is 0.320. The summed E-state index contributed by atoms with van der Waals surface area (Å²) in [6.45, 7) is 8.63. The molecule has 1 aromatic heterocycles. The molecule has 1 rings (SSSR count). The molecule has 0 unspecified atom stereocenters. The summed E-state index contributed by atoms with van der Waals surface area (Å²) in [4.78, 5) is 12.1. The largest absolute Gasteiger partial charge is 0.383 e. The van der Waals surface area contributed by atoms with E-state index in [1.807, 2.05) is 13.0 Å². The number of nitrogens with one attached hydrogen (secondary N) is 1. The monoisotopic (exact) mass is 253 g/mol. The SMILES string of the molecule is CCn1nc(C(C)C)cc(CNCCOC)c1=O.